The van der Waals surface area contributed by atoms with Crippen LogP contribution in [-0.2, 0) is 10.0 Å². The van der Waals surface area contributed by atoms with E-state index in [-0.39, 0.29) is 10.8 Å². The lowest BCUT2D eigenvalue weighted by Gasteiger charge is -2.25. The molecule has 0 aliphatic carbocycles. The zero-order valence-electron chi connectivity index (χ0n) is 19.4. The van der Waals surface area contributed by atoms with Gasteiger partial charge in [-0.3, -0.25) is 9.69 Å². The van der Waals surface area contributed by atoms with Crippen molar-refractivity contribution in [1.82, 2.24) is 14.2 Å². The summed E-state index contributed by atoms with van der Waals surface area (Å²) in [5, 5.41) is 0.638. The Morgan fingerprint density at radius 2 is 1.74 bits per heavy atom. The van der Waals surface area contributed by atoms with Crippen molar-refractivity contribution in [2.45, 2.75) is 31.6 Å². The number of benzene rings is 2. The predicted octanol–water partition coefficient (Wildman–Crippen LogP) is 4.83. The van der Waals surface area contributed by atoms with Crippen LogP contribution in [0.2, 0.25) is 0 Å². The lowest BCUT2D eigenvalue weighted by molar-refractivity contribution is 0.0983. The number of halogens is 1. The monoisotopic (exact) mass is 564 g/mol. The van der Waals surface area contributed by atoms with Crippen LogP contribution in [0.15, 0.2) is 51.8 Å². The van der Waals surface area contributed by atoms with Gasteiger partial charge in [-0.1, -0.05) is 41.1 Å². The first kappa shape index (κ1) is 25.2. The molecule has 0 radical (unpaired) electrons. The van der Waals surface area contributed by atoms with Crippen molar-refractivity contribution in [2.24, 2.45) is 0 Å². The number of amides is 1. The fourth-order valence-electron chi connectivity index (χ4n) is 4.07. The Balaban J connectivity index is 1.62. The van der Waals surface area contributed by atoms with E-state index in [9.17, 15) is 13.2 Å². The summed E-state index contributed by atoms with van der Waals surface area (Å²) in [6, 6.07) is 12.2. The zero-order chi connectivity index (χ0) is 24.3. The second kappa shape index (κ2) is 10.8. The van der Waals surface area contributed by atoms with E-state index in [0.717, 1.165) is 47.2 Å². The molecule has 1 fully saturated rings. The number of hydrogen-bond acceptors (Lipinski definition) is 6. The maximum absolute atomic E-state index is 13.6. The molecule has 2 aromatic carbocycles. The van der Waals surface area contributed by atoms with Crippen LogP contribution in [-0.4, -0.2) is 67.8 Å². The van der Waals surface area contributed by atoms with Crippen molar-refractivity contribution >= 4 is 58.5 Å². The van der Waals surface area contributed by atoms with Crippen LogP contribution in [0.25, 0.3) is 10.2 Å². The number of fused-ring (bicyclic) bond motifs is 1. The molecular formula is C24H29BrN4O3S2. The number of rotatable bonds is 9. The van der Waals surface area contributed by atoms with E-state index >= 15 is 0 Å². The number of thiazole rings is 1. The first-order valence-corrected chi connectivity index (χ1v) is 14.6. The molecule has 0 unspecified atom stereocenters. The predicted molar refractivity (Wildman–Crippen MR) is 141 cm³/mol. The third-order valence-electron chi connectivity index (χ3n) is 6.15. The van der Waals surface area contributed by atoms with E-state index in [0.29, 0.717) is 30.3 Å². The summed E-state index contributed by atoms with van der Waals surface area (Å²) in [5.41, 5.74) is 1.29. The number of sulfonamides is 1. The number of carbonyl (C=O) groups excluding carboxylic acids is 1. The highest BCUT2D eigenvalue weighted by atomic mass is 79.9. The standard InChI is InChI=1S/C24H29BrN4O3S2/c1-3-27(4-2)15-16-29(24-26-21-12-9-19(25)17-22(21)33-24)23(30)18-7-10-20(11-8-18)34(31,32)28-13-5-6-14-28/h7-12,17H,3-6,13-16H2,1-2H3. The average Bonchev–Trinajstić information content (AvgIpc) is 3.52. The summed E-state index contributed by atoms with van der Waals surface area (Å²) in [5.74, 6) is -0.185. The highest BCUT2D eigenvalue weighted by Crippen LogP contribution is 2.32. The fraction of sp³-hybridized carbons (Fsp3) is 0.417. The fourth-order valence-corrected chi connectivity index (χ4v) is 7.13. The molecular weight excluding hydrogens is 536 g/mol. The van der Waals surface area contributed by atoms with Crippen LogP contribution in [0, 0.1) is 0 Å². The van der Waals surface area contributed by atoms with Crippen LogP contribution >= 0.6 is 27.3 Å². The molecule has 1 aromatic heterocycles. The summed E-state index contributed by atoms with van der Waals surface area (Å²) < 4.78 is 29.2. The van der Waals surface area contributed by atoms with Gasteiger partial charge in [-0.15, -0.1) is 0 Å². The SMILES string of the molecule is CCN(CC)CCN(C(=O)c1ccc(S(=O)(=O)N2CCCC2)cc1)c1nc2ccc(Br)cc2s1. The summed E-state index contributed by atoms with van der Waals surface area (Å²) in [7, 11) is -3.52. The van der Waals surface area contributed by atoms with E-state index in [1.165, 1.54) is 15.6 Å². The normalized spacial score (nSPS) is 14.8. The number of aromatic nitrogens is 1. The van der Waals surface area contributed by atoms with Gasteiger partial charge in [0.05, 0.1) is 15.1 Å². The highest BCUT2D eigenvalue weighted by molar-refractivity contribution is 9.10. The van der Waals surface area contributed by atoms with Gasteiger partial charge in [-0.2, -0.15) is 4.31 Å². The van der Waals surface area contributed by atoms with Gasteiger partial charge >= 0.3 is 0 Å². The molecule has 7 nitrogen and oxygen atoms in total. The maximum Gasteiger partial charge on any atom is 0.260 e. The van der Waals surface area contributed by atoms with Crippen molar-refractivity contribution in [3.63, 3.8) is 0 Å². The molecule has 10 heteroatoms. The average molecular weight is 566 g/mol. The van der Waals surface area contributed by atoms with Gasteiger partial charge in [-0.25, -0.2) is 13.4 Å². The van der Waals surface area contributed by atoms with E-state index < -0.39 is 10.0 Å². The molecule has 0 bridgehead atoms. The molecule has 34 heavy (non-hydrogen) atoms. The summed E-state index contributed by atoms with van der Waals surface area (Å²) in [6.07, 6.45) is 1.77. The van der Waals surface area contributed by atoms with E-state index in [1.54, 1.807) is 29.2 Å². The minimum atomic E-state index is -3.52. The molecule has 1 aliphatic heterocycles. The lowest BCUT2D eigenvalue weighted by Crippen LogP contribution is -2.38. The van der Waals surface area contributed by atoms with E-state index in [4.69, 9.17) is 4.98 Å². The summed E-state index contributed by atoms with van der Waals surface area (Å²) in [4.78, 5) is 22.5. The first-order chi connectivity index (χ1) is 16.3. The van der Waals surface area contributed by atoms with Gasteiger partial charge in [0.2, 0.25) is 10.0 Å². The molecule has 182 valence electrons. The van der Waals surface area contributed by atoms with Gasteiger partial charge in [0.15, 0.2) is 5.13 Å². The van der Waals surface area contributed by atoms with Crippen LogP contribution in [0.4, 0.5) is 5.13 Å². The molecule has 0 atom stereocenters. The molecule has 0 spiro atoms. The Morgan fingerprint density at radius 1 is 1.06 bits per heavy atom. The zero-order valence-corrected chi connectivity index (χ0v) is 22.6. The second-order valence-electron chi connectivity index (χ2n) is 8.23. The van der Waals surface area contributed by atoms with Gasteiger partial charge in [0, 0.05) is 36.2 Å². The molecule has 4 rings (SSSR count). The third-order valence-corrected chi connectivity index (χ3v) is 9.60. The molecule has 0 saturated carbocycles. The number of nitrogens with zero attached hydrogens (tertiary/aromatic N) is 4. The van der Waals surface area contributed by atoms with Crippen LogP contribution < -0.4 is 4.90 Å². The number of hydrogen-bond donors (Lipinski definition) is 0. The van der Waals surface area contributed by atoms with E-state index in [2.05, 4.69) is 34.7 Å². The van der Waals surface area contributed by atoms with Crippen LogP contribution in [0.1, 0.15) is 37.0 Å². The molecule has 0 N–H and O–H groups in total. The van der Waals surface area contributed by atoms with Crippen molar-refractivity contribution in [1.29, 1.82) is 0 Å². The van der Waals surface area contributed by atoms with Crippen molar-refractivity contribution in [2.75, 3.05) is 44.2 Å². The van der Waals surface area contributed by atoms with Gasteiger partial charge in [-0.05, 0) is 68.4 Å². The van der Waals surface area contributed by atoms with Crippen molar-refractivity contribution in [3.8, 4) is 0 Å². The Kier molecular flexibility index (Phi) is 8.04. The molecule has 1 amide bonds. The third kappa shape index (κ3) is 5.36. The summed E-state index contributed by atoms with van der Waals surface area (Å²) >= 11 is 4.98. The first-order valence-electron chi connectivity index (χ1n) is 11.5. The Hall–Kier alpha value is -1.85. The molecule has 3 aromatic rings. The number of carbonyl (C=O) groups is 1. The smallest absolute Gasteiger partial charge is 0.260 e. The highest BCUT2D eigenvalue weighted by Gasteiger charge is 2.28. The molecule has 1 aliphatic rings. The van der Waals surface area contributed by atoms with E-state index in [1.807, 2.05) is 18.2 Å². The van der Waals surface area contributed by atoms with Crippen molar-refractivity contribution < 1.29 is 13.2 Å². The Bertz CT molecular complexity index is 1250. The maximum atomic E-state index is 13.6. The second-order valence-corrected chi connectivity index (χ2v) is 12.1. The summed E-state index contributed by atoms with van der Waals surface area (Å²) in [6.45, 7) is 8.32. The number of likely N-dealkylation sites (N-methyl/N-ethyl adjacent to an activating group) is 1. The Morgan fingerprint density at radius 3 is 2.38 bits per heavy atom. The Labute approximate surface area is 213 Å². The largest absolute Gasteiger partial charge is 0.302 e. The molecule has 2 heterocycles. The quantitative estimate of drug-likeness (QED) is 0.372. The van der Waals surface area contributed by atoms with Gasteiger partial charge in [0.25, 0.3) is 5.91 Å². The van der Waals surface area contributed by atoms with Crippen LogP contribution in [0.3, 0.4) is 0 Å². The van der Waals surface area contributed by atoms with Gasteiger partial charge < -0.3 is 4.90 Å². The minimum Gasteiger partial charge on any atom is -0.302 e. The van der Waals surface area contributed by atoms with Crippen LogP contribution in [0.5, 0.6) is 0 Å². The number of anilines is 1. The lowest BCUT2D eigenvalue weighted by atomic mass is 10.2. The topological polar surface area (TPSA) is 73.8 Å². The molecule has 1 saturated heterocycles. The minimum absolute atomic E-state index is 0.185. The van der Waals surface area contributed by atoms with Crippen molar-refractivity contribution in [3.05, 3.63) is 52.5 Å². The van der Waals surface area contributed by atoms with Gasteiger partial charge in [0.1, 0.15) is 0 Å².